The summed E-state index contributed by atoms with van der Waals surface area (Å²) in [5.41, 5.74) is 0.787. The van der Waals surface area contributed by atoms with E-state index in [1.807, 2.05) is 24.3 Å². The highest BCUT2D eigenvalue weighted by molar-refractivity contribution is 6.05. The lowest BCUT2D eigenvalue weighted by Gasteiger charge is -2.33. The van der Waals surface area contributed by atoms with Crippen LogP contribution in [-0.4, -0.2) is 40.8 Å². The Balaban J connectivity index is 1.57. The summed E-state index contributed by atoms with van der Waals surface area (Å²) in [6.07, 6.45) is 3.08. The fraction of sp³-hybridized carbons (Fsp3) is 0.571. The lowest BCUT2D eigenvalue weighted by molar-refractivity contribution is -0.154. The highest BCUT2D eigenvalue weighted by Crippen LogP contribution is 2.48. The number of Topliss-reactive ketones (excluding diaryl/α,β-unsaturated/α-hetero) is 1. The number of carbonyl (C=O) groups is 3. The van der Waals surface area contributed by atoms with Crippen LogP contribution in [0.4, 0.5) is 0 Å². The van der Waals surface area contributed by atoms with Crippen LogP contribution in [0.25, 0.3) is 0 Å². The van der Waals surface area contributed by atoms with Gasteiger partial charge in [-0.05, 0) is 43.6 Å². The third-order valence-electron chi connectivity index (χ3n) is 5.60. The van der Waals surface area contributed by atoms with Gasteiger partial charge in [-0.2, -0.15) is 0 Å². The van der Waals surface area contributed by atoms with Crippen molar-refractivity contribution < 1.29 is 19.5 Å². The summed E-state index contributed by atoms with van der Waals surface area (Å²) in [5, 5.41) is 9.27. The van der Waals surface area contributed by atoms with Crippen LogP contribution in [0.1, 0.15) is 55.5 Å². The van der Waals surface area contributed by atoms with E-state index >= 15 is 0 Å². The smallest absolute Gasteiger partial charge is 0.319 e. The molecule has 0 unspecified atom stereocenters. The lowest BCUT2D eigenvalue weighted by atomic mass is 9.87. The monoisotopic (exact) mass is 357 g/mol. The van der Waals surface area contributed by atoms with Gasteiger partial charge in [-0.25, -0.2) is 0 Å². The van der Waals surface area contributed by atoms with Crippen molar-refractivity contribution in [3.8, 4) is 0 Å². The number of ketones is 1. The second-order valence-corrected chi connectivity index (χ2v) is 8.11. The van der Waals surface area contributed by atoms with Crippen LogP contribution in [0.5, 0.6) is 0 Å². The minimum Gasteiger partial charge on any atom is -0.480 e. The Morgan fingerprint density at radius 2 is 1.69 bits per heavy atom. The fourth-order valence-electron chi connectivity index (χ4n) is 3.80. The van der Waals surface area contributed by atoms with Crippen molar-refractivity contribution >= 4 is 17.7 Å². The maximum absolute atomic E-state index is 12.7. The number of piperidine rings is 1. The molecule has 5 nitrogen and oxygen atoms in total. The Labute approximate surface area is 154 Å². The van der Waals surface area contributed by atoms with Crippen molar-refractivity contribution in [1.82, 2.24) is 4.90 Å². The highest BCUT2D eigenvalue weighted by Gasteiger charge is 2.58. The number of aliphatic carboxylic acids is 1. The Morgan fingerprint density at radius 1 is 1.12 bits per heavy atom. The minimum atomic E-state index is -1.18. The van der Waals surface area contributed by atoms with Crippen molar-refractivity contribution in [2.75, 3.05) is 13.1 Å². The Morgan fingerprint density at radius 3 is 2.15 bits per heavy atom. The van der Waals surface area contributed by atoms with E-state index in [4.69, 9.17) is 0 Å². The normalized spacial score (nSPS) is 19.4. The maximum Gasteiger partial charge on any atom is 0.319 e. The SMILES string of the molecule is CC(C)Cc1ccc(C(=O)C2CCN(C(=O)C3(C(=O)O)CC3)CC2)cc1. The first kappa shape index (κ1) is 18.6. The van der Waals surface area contributed by atoms with E-state index in [2.05, 4.69) is 13.8 Å². The number of carboxylic acids is 1. The number of hydrogen-bond acceptors (Lipinski definition) is 3. The topological polar surface area (TPSA) is 74.7 Å². The van der Waals surface area contributed by atoms with Gasteiger partial charge in [0.2, 0.25) is 5.91 Å². The molecule has 0 bridgehead atoms. The molecule has 5 heteroatoms. The van der Waals surface area contributed by atoms with E-state index in [9.17, 15) is 19.5 Å². The zero-order valence-electron chi connectivity index (χ0n) is 15.5. The molecule has 1 aromatic carbocycles. The van der Waals surface area contributed by atoms with Gasteiger partial charge in [0, 0.05) is 24.6 Å². The van der Waals surface area contributed by atoms with E-state index in [-0.39, 0.29) is 17.6 Å². The van der Waals surface area contributed by atoms with Gasteiger partial charge < -0.3 is 10.0 Å². The van der Waals surface area contributed by atoms with Crippen LogP contribution >= 0.6 is 0 Å². The lowest BCUT2D eigenvalue weighted by Crippen LogP contribution is -2.46. The molecule has 0 spiro atoms. The molecule has 1 amide bonds. The third-order valence-corrected chi connectivity index (χ3v) is 5.60. The Kier molecular flexibility index (Phi) is 5.17. The molecule has 1 heterocycles. The van der Waals surface area contributed by atoms with Crippen LogP contribution < -0.4 is 0 Å². The third kappa shape index (κ3) is 3.67. The second kappa shape index (κ2) is 7.22. The predicted molar refractivity (Wildman–Crippen MR) is 97.9 cm³/mol. The van der Waals surface area contributed by atoms with Crippen LogP contribution in [0.15, 0.2) is 24.3 Å². The average molecular weight is 357 g/mol. The second-order valence-electron chi connectivity index (χ2n) is 8.11. The zero-order chi connectivity index (χ0) is 18.9. The van der Waals surface area contributed by atoms with Gasteiger partial charge in [0.25, 0.3) is 0 Å². The predicted octanol–water partition coefficient (Wildman–Crippen LogP) is 3.17. The van der Waals surface area contributed by atoms with Crippen molar-refractivity contribution in [3.05, 3.63) is 35.4 Å². The van der Waals surface area contributed by atoms with Crippen LogP contribution in [0, 0.1) is 17.3 Å². The van der Waals surface area contributed by atoms with E-state index in [1.165, 1.54) is 5.56 Å². The number of carbonyl (C=O) groups excluding carboxylic acids is 2. The number of benzene rings is 1. The number of amides is 1. The molecule has 1 N–H and O–H groups in total. The first-order valence-electron chi connectivity index (χ1n) is 9.49. The number of likely N-dealkylation sites (tertiary alicyclic amines) is 1. The van der Waals surface area contributed by atoms with Gasteiger partial charge in [-0.1, -0.05) is 38.1 Å². The molecule has 3 rings (SSSR count). The molecule has 1 aromatic rings. The Bertz CT molecular complexity index is 695. The number of hydrogen-bond donors (Lipinski definition) is 1. The zero-order valence-corrected chi connectivity index (χ0v) is 15.5. The largest absolute Gasteiger partial charge is 0.480 e. The molecular formula is C21H27NO4. The molecule has 0 atom stereocenters. The quantitative estimate of drug-likeness (QED) is 0.627. The molecule has 1 saturated heterocycles. The summed E-state index contributed by atoms with van der Waals surface area (Å²) in [4.78, 5) is 38.1. The summed E-state index contributed by atoms with van der Waals surface area (Å²) in [6, 6.07) is 7.85. The standard InChI is InChI=1S/C21H27NO4/c1-14(2)13-15-3-5-16(6-4-15)18(23)17-7-11-22(12-8-17)19(24)21(9-10-21)20(25)26/h3-6,14,17H,7-13H2,1-2H3,(H,25,26). The van der Waals surface area contributed by atoms with Crippen molar-refractivity contribution in [1.29, 1.82) is 0 Å². The van der Waals surface area contributed by atoms with Gasteiger partial charge >= 0.3 is 5.97 Å². The first-order valence-corrected chi connectivity index (χ1v) is 9.49. The molecule has 1 aliphatic carbocycles. The van der Waals surface area contributed by atoms with Gasteiger partial charge in [-0.15, -0.1) is 0 Å². The molecule has 26 heavy (non-hydrogen) atoms. The summed E-state index contributed by atoms with van der Waals surface area (Å²) in [6.45, 7) is 5.28. The van der Waals surface area contributed by atoms with Crippen molar-refractivity contribution in [2.24, 2.45) is 17.3 Å². The van der Waals surface area contributed by atoms with Gasteiger partial charge in [0.05, 0.1) is 0 Å². The van der Waals surface area contributed by atoms with Gasteiger partial charge in [0.1, 0.15) is 5.41 Å². The number of nitrogens with zero attached hydrogens (tertiary/aromatic N) is 1. The van der Waals surface area contributed by atoms with E-state index in [0.29, 0.717) is 44.7 Å². The molecule has 0 radical (unpaired) electrons. The van der Waals surface area contributed by atoms with Crippen LogP contribution in [0.3, 0.4) is 0 Å². The molecule has 1 aliphatic heterocycles. The molecule has 2 aliphatic rings. The fourth-order valence-corrected chi connectivity index (χ4v) is 3.80. The summed E-state index contributed by atoms with van der Waals surface area (Å²) >= 11 is 0. The minimum absolute atomic E-state index is 0.0880. The molecule has 0 aromatic heterocycles. The molecule has 1 saturated carbocycles. The highest BCUT2D eigenvalue weighted by atomic mass is 16.4. The van der Waals surface area contributed by atoms with Crippen LogP contribution in [0.2, 0.25) is 0 Å². The molecular weight excluding hydrogens is 330 g/mol. The molecule has 2 fully saturated rings. The van der Waals surface area contributed by atoms with Crippen molar-refractivity contribution in [3.63, 3.8) is 0 Å². The summed E-state index contributed by atoms with van der Waals surface area (Å²) < 4.78 is 0. The maximum atomic E-state index is 12.7. The first-order chi connectivity index (χ1) is 12.3. The number of rotatable bonds is 6. The average Bonchev–Trinajstić information content (AvgIpc) is 3.43. The summed E-state index contributed by atoms with van der Waals surface area (Å²) in [7, 11) is 0. The van der Waals surface area contributed by atoms with E-state index < -0.39 is 11.4 Å². The van der Waals surface area contributed by atoms with E-state index in [1.54, 1.807) is 4.90 Å². The molecule has 140 valence electrons. The Hall–Kier alpha value is -2.17. The van der Waals surface area contributed by atoms with E-state index in [0.717, 1.165) is 12.0 Å². The van der Waals surface area contributed by atoms with Crippen LogP contribution in [-0.2, 0) is 16.0 Å². The summed E-state index contributed by atoms with van der Waals surface area (Å²) in [5.74, 6) is -0.655. The van der Waals surface area contributed by atoms with Crippen molar-refractivity contribution in [2.45, 2.75) is 46.0 Å². The van der Waals surface area contributed by atoms with Gasteiger partial charge in [0.15, 0.2) is 5.78 Å². The number of carboxylic acid groups (broad SMARTS) is 1. The van der Waals surface area contributed by atoms with Gasteiger partial charge in [-0.3, -0.25) is 14.4 Å².